The molecule has 1 aliphatic rings. The molecule has 5 rings (SSSR count). The van der Waals surface area contributed by atoms with Gasteiger partial charge in [0.25, 0.3) is 11.8 Å². The van der Waals surface area contributed by atoms with E-state index in [-0.39, 0.29) is 43.9 Å². The van der Waals surface area contributed by atoms with Gasteiger partial charge in [-0.3, -0.25) is 9.59 Å². The first-order valence-corrected chi connectivity index (χ1v) is 18.8. The van der Waals surface area contributed by atoms with E-state index in [0.29, 0.717) is 46.3 Å². The highest BCUT2D eigenvalue weighted by molar-refractivity contribution is 7.98. The zero-order valence-corrected chi connectivity index (χ0v) is 30.6. The minimum absolute atomic E-state index is 0.151. The molecule has 0 aromatic heterocycles. The SMILES string of the molecule is C=S(=O)(c1ccc(F)cc1)N1CCC(C(O)(Cc2cccc(-c3cccc(C(=O)NCCN(C)C)c3)c2)C(=O)Nc2ccc(C#N)c(C(F)(F)F)c2)CC1. The fraction of sp³-hybridized carbons (Fsp3) is 0.300. The number of hydrogen-bond donors (Lipinski definition) is 3. The second-order valence-electron chi connectivity index (χ2n) is 13.6. The summed E-state index contributed by atoms with van der Waals surface area (Å²) in [4.78, 5) is 29.2. The monoisotopic (exact) mass is 763 g/mol. The Balaban J connectivity index is 1.44. The molecule has 1 saturated heterocycles. The summed E-state index contributed by atoms with van der Waals surface area (Å²) < 4.78 is 70.3. The van der Waals surface area contributed by atoms with Gasteiger partial charge in [0.1, 0.15) is 11.4 Å². The Morgan fingerprint density at radius 1 is 0.981 bits per heavy atom. The molecule has 4 aromatic rings. The quantitative estimate of drug-likeness (QED) is 0.120. The smallest absolute Gasteiger partial charge is 0.379 e. The normalized spacial score (nSPS) is 16.2. The fourth-order valence-corrected chi connectivity index (χ4v) is 8.20. The number of likely N-dealkylation sites (N-methyl/N-ethyl adjacent to an activating group) is 1. The Morgan fingerprint density at radius 2 is 1.63 bits per heavy atom. The van der Waals surface area contributed by atoms with Gasteiger partial charge in [0.05, 0.1) is 26.9 Å². The van der Waals surface area contributed by atoms with Gasteiger partial charge in [0.15, 0.2) is 0 Å². The Hall–Kier alpha value is -5.07. The first-order valence-electron chi connectivity index (χ1n) is 17.2. The van der Waals surface area contributed by atoms with E-state index in [1.165, 1.54) is 36.4 Å². The predicted molar refractivity (Wildman–Crippen MR) is 200 cm³/mol. The third-order valence-electron chi connectivity index (χ3n) is 9.53. The second kappa shape index (κ2) is 16.5. The molecule has 54 heavy (non-hydrogen) atoms. The van der Waals surface area contributed by atoms with Gasteiger partial charge in [-0.05, 0) is 110 Å². The van der Waals surface area contributed by atoms with Crippen molar-refractivity contribution in [1.82, 2.24) is 14.5 Å². The third-order valence-corrected chi connectivity index (χ3v) is 11.7. The molecule has 0 spiro atoms. The number of nitrogens with one attached hydrogen (secondary N) is 2. The molecule has 1 fully saturated rings. The molecule has 1 heterocycles. The third kappa shape index (κ3) is 9.34. The first-order chi connectivity index (χ1) is 25.5. The van der Waals surface area contributed by atoms with Crippen LogP contribution in [-0.2, 0) is 27.1 Å². The van der Waals surface area contributed by atoms with Crippen LogP contribution in [0, 0.1) is 23.1 Å². The lowest BCUT2D eigenvalue weighted by atomic mass is 9.76. The molecule has 0 saturated carbocycles. The van der Waals surface area contributed by atoms with E-state index in [1.54, 1.807) is 40.7 Å². The van der Waals surface area contributed by atoms with Gasteiger partial charge in [0.2, 0.25) is 0 Å². The topological polar surface area (TPSA) is 126 Å². The number of nitrogens with zero attached hydrogens (tertiary/aromatic N) is 3. The van der Waals surface area contributed by atoms with Crippen LogP contribution in [0.5, 0.6) is 0 Å². The molecule has 2 amide bonds. The molecule has 2 atom stereocenters. The molecule has 0 aliphatic carbocycles. The van der Waals surface area contributed by atoms with Gasteiger partial charge >= 0.3 is 6.18 Å². The van der Waals surface area contributed by atoms with Gasteiger partial charge < -0.3 is 20.6 Å². The van der Waals surface area contributed by atoms with Crippen molar-refractivity contribution < 1.29 is 36.5 Å². The summed E-state index contributed by atoms with van der Waals surface area (Å²) in [6.45, 7) is 1.43. The molecule has 9 nitrogen and oxygen atoms in total. The summed E-state index contributed by atoms with van der Waals surface area (Å²) in [7, 11) is 0.772. The maximum Gasteiger partial charge on any atom is 0.417 e. The van der Waals surface area contributed by atoms with E-state index >= 15 is 0 Å². The first kappa shape index (κ1) is 40.1. The molecule has 0 radical (unpaired) electrons. The maximum absolute atomic E-state index is 14.1. The Labute approximate surface area is 312 Å². The minimum atomic E-state index is -4.87. The van der Waals surface area contributed by atoms with Crippen molar-refractivity contribution in [2.75, 3.05) is 45.6 Å². The standard InChI is InChI=1S/C40H41F4N5O4S/c1-48(2)21-18-46-37(50)30-9-5-8-29(23-30)28-7-4-6-27(22-28)25-39(52,38(51)47-34-13-10-31(26-45)36(24-34)40(42,43)44)32-16-19-49(20-17-32)54(3,53)35-14-11-33(41)12-15-35/h4-15,22-24,32,52H,3,16-21,25H2,1-2H3,(H,46,50)(H,47,51). The number of hydrogen-bond acceptors (Lipinski definition) is 6. The van der Waals surface area contributed by atoms with E-state index in [0.717, 1.165) is 6.07 Å². The van der Waals surface area contributed by atoms with Crippen molar-refractivity contribution in [3.8, 4) is 17.2 Å². The van der Waals surface area contributed by atoms with E-state index in [2.05, 4.69) is 16.5 Å². The summed E-state index contributed by atoms with van der Waals surface area (Å²) in [6.07, 6.45) is -4.76. The molecule has 0 bridgehead atoms. The number of benzene rings is 4. The Kier molecular flexibility index (Phi) is 12.3. The second-order valence-corrected chi connectivity index (χ2v) is 15.8. The molecule has 284 valence electrons. The summed E-state index contributed by atoms with van der Waals surface area (Å²) in [5, 5.41) is 27.0. The van der Waals surface area contributed by atoms with Crippen LogP contribution >= 0.6 is 0 Å². The lowest BCUT2D eigenvalue weighted by molar-refractivity contribution is -0.142. The van der Waals surface area contributed by atoms with Gasteiger partial charge in [-0.15, -0.1) is 0 Å². The number of rotatable bonds is 12. The fourth-order valence-electron chi connectivity index (χ4n) is 6.54. The number of amides is 2. The zero-order chi connectivity index (χ0) is 39.3. The summed E-state index contributed by atoms with van der Waals surface area (Å²) in [5.41, 5.74) is -1.87. The van der Waals surface area contributed by atoms with Crippen LogP contribution in [0.3, 0.4) is 0 Å². The van der Waals surface area contributed by atoms with Crippen LogP contribution < -0.4 is 10.6 Å². The lowest BCUT2D eigenvalue weighted by Crippen LogP contribution is -2.54. The number of nitriles is 1. The molecular formula is C40H41F4N5O4S. The number of alkyl halides is 3. The van der Waals surface area contributed by atoms with Crippen molar-refractivity contribution >= 4 is 33.1 Å². The molecule has 14 heteroatoms. The largest absolute Gasteiger partial charge is 0.417 e. The van der Waals surface area contributed by atoms with Gasteiger partial charge in [-0.1, -0.05) is 36.4 Å². The highest BCUT2D eigenvalue weighted by atomic mass is 32.2. The van der Waals surface area contributed by atoms with Gasteiger partial charge in [-0.25, -0.2) is 12.9 Å². The number of anilines is 1. The van der Waals surface area contributed by atoms with Crippen LogP contribution in [-0.4, -0.2) is 82.1 Å². The van der Waals surface area contributed by atoms with Crippen LogP contribution in [0.1, 0.15) is 39.9 Å². The van der Waals surface area contributed by atoms with E-state index < -0.39 is 50.3 Å². The van der Waals surface area contributed by atoms with Gasteiger partial charge in [-0.2, -0.15) is 18.4 Å². The number of piperidine rings is 1. The molecular weight excluding hydrogens is 723 g/mol. The van der Waals surface area contributed by atoms with E-state index in [9.17, 15) is 41.7 Å². The van der Waals surface area contributed by atoms with Gasteiger partial charge in [0, 0.05) is 48.7 Å². The molecule has 1 aliphatic heterocycles. The minimum Gasteiger partial charge on any atom is -0.379 e. The highest BCUT2D eigenvalue weighted by Gasteiger charge is 2.46. The number of halogens is 4. The summed E-state index contributed by atoms with van der Waals surface area (Å²) >= 11 is 0. The number of aliphatic hydroxyl groups is 1. The average Bonchev–Trinajstić information content (AvgIpc) is 3.14. The molecule has 3 N–H and O–H groups in total. The average molecular weight is 764 g/mol. The van der Waals surface area contributed by atoms with Crippen molar-refractivity contribution in [3.05, 3.63) is 119 Å². The van der Waals surface area contributed by atoms with Crippen LogP contribution in [0.2, 0.25) is 0 Å². The lowest BCUT2D eigenvalue weighted by Gasteiger charge is -2.41. The predicted octanol–water partition coefficient (Wildman–Crippen LogP) is 5.99. The summed E-state index contributed by atoms with van der Waals surface area (Å²) in [6, 6.07) is 23.5. The van der Waals surface area contributed by atoms with Crippen LogP contribution in [0.15, 0.2) is 95.9 Å². The Bertz CT molecular complexity index is 2140. The summed E-state index contributed by atoms with van der Waals surface area (Å²) in [5.74, 6) is 1.48. The van der Waals surface area contributed by atoms with Crippen molar-refractivity contribution in [1.29, 1.82) is 5.26 Å². The number of carbonyl (C=O) groups excluding carboxylic acids is 2. The van der Waals surface area contributed by atoms with E-state index in [1.807, 2.05) is 31.1 Å². The highest BCUT2D eigenvalue weighted by Crippen LogP contribution is 2.37. The molecule has 2 unspecified atom stereocenters. The van der Waals surface area contributed by atoms with Crippen molar-refractivity contribution in [3.63, 3.8) is 0 Å². The Morgan fingerprint density at radius 3 is 2.26 bits per heavy atom. The maximum atomic E-state index is 14.1. The molecule has 4 aromatic carbocycles. The van der Waals surface area contributed by atoms with E-state index in [4.69, 9.17) is 0 Å². The van der Waals surface area contributed by atoms with Crippen LogP contribution in [0.25, 0.3) is 11.1 Å². The van der Waals surface area contributed by atoms with Crippen molar-refractivity contribution in [2.45, 2.75) is 35.9 Å². The zero-order valence-electron chi connectivity index (χ0n) is 29.8. The van der Waals surface area contributed by atoms with Crippen LogP contribution in [0.4, 0.5) is 23.2 Å². The number of carbonyl (C=O) groups is 2. The van der Waals surface area contributed by atoms with Crippen molar-refractivity contribution in [2.24, 2.45) is 5.92 Å².